The number of cyclic esters (lactones) is 1. The number of azo groups is 1. The Bertz CT molecular complexity index is 1290. The summed E-state index contributed by atoms with van der Waals surface area (Å²) in [5.74, 6) is 0.113. The number of amides is 1. The fourth-order valence-corrected chi connectivity index (χ4v) is 7.12. The number of carbonyl (C=O) groups excluding carboxylic acids is 1. The minimum absolute atomic E-state index is 0.0415. The summed E-state index contributed by atoms with van der Waals surface area (Å²) in [5.41, 5.74) is 5.67. The van der Waals surface area contributed by atoms with E-state index in [1.807, 2.05) is 4.90 Å². The normalized spacial score (nSPS) is 21.9. The number of aliphatic hydroxyl groups is 1. The van der Waals surface area contributed by atoms with Crippen LogP contribution in [-0.2, 0) is 24.8 Å². The van der Waals surface area contributed by atoms with E-state index in [0.29, 0.717) is 38.2 Å². The van der Waals surface area contributed by atoms with Gasteiger partial charge in [-0.3, -0.25) is 0 Å². The molecular weight excluding hydrogens is 516 g/mol. The van der Waals surface area contributed by atoms with E-state index in [1.165, 1.54) is 6.07 Å². The Hall–Kier alpha value is -2.70. The number of benzene rings is 1. The van der Waals surface area contributed by atoms with E-state index in [2.05, 4.69) is 25.3 Å². The first-order chi connectivity index (χ1) is 17.0. The summed E-state index contributed by atoms with van der Waals surface area (Å²) in [7, 11) is -9.03. The minimum atomic E-state index is -4.60. The molecule has 1 aromatic rings. The summed E-state index contributed by atoms with van der Waals surface area (Å²) in [6, 6.07) is 2.53. The number of ether oxygens (including phenoxy) is 1. The Balaban J connectivity index is 1.73. The van der Waals surface area contributed by atoms with Gasteiger partial charge in [-0.15, -0.1) is 5.11 Å². The average Bonchev–Trinajstić information content (AvgIpc) is 3.53. The second-order valence-corrected chi connectivity index (χ2v) is 11.8. The monoisotopic (exact) mass is 544 g/mol. The number of aliphatic imine (C=N–C) groups is 1. The van der Waals surface area contributed by atoms with Crippen LogP contribution in [0.4, 0.5) is 10.5 Å². The molecule has 0 spiro atoms. The maximum Gasteiger partial charge on any atom is 0.407 e. The van der Waals surface area contributed by atoms with Gasteiger partial charge in [0, 0.05) is 31.9 Å². The highest BCUT2D eigenvalue weighted by Crippen LogP contribution is 2.36. The average molecular weight is 545 g/mol. The molecular formula is C19H28N8O7S2. The lowest BCUT2D eigenvalue weighted by Crippen LogP contribution is -2.43. The topological polar surface area (TPSA) is 231 Å². The number of piperidine rings is 1. The lowest BCUT2D eigenvalue weighted by molar-refractivity contribution is 0.174. The first-order valence-electron chi connectivity index (χ1n) is 11.2. The molecule has 15 nitrogen and oxygen atoms in total. The molecule has 2 atom stereocenters. The van der Waals surface area contributed by atoms with Crippen molar-refractivity contribution in [2.45, 2.75) is 34.8 Å². The van der Waals surface area contributed by atoms with Crippen LogP contribution in [-0.4, -0.2) is 85.5 Å². The van der Waals surface area contributed by atoms with Crippen molar-refractivity contribution in [1.29, 1.82) is 0 Å². The van der Waals surface area contributed by atoms with E-state index in [-0.39, 0.29) is 36.6 Å². The van der Waals surface area contributed by atoms with Crippen molar-refractivity contribution in [2.24, 2.45) is 32.0 Å². The first kappa shape index (κ1) is 26.4. The Morgan fingerprint density at radius 3 is 2.53 bits per heavy atom. The van der Waals surface area contributed by atoms with Crippen molar-refractivity contribution in [3.63, 3.8) is 0 Å². The van der Waals surface area contributed by atoms with Gasteiger partial charge in [0.15, 0.2) is 12.5 Å². The molecule has 36 heavy (non-hydrogen) atoms. The van der Waals surface area contributed by atoms with E-state index >= 15 is 0 Å². The number of hydrogen-bond donors (Lipinski definition) is 5. The number of nitrogens with two attached hydrogens (primary N) is 2. The molecule has 17 heteroatoms. The van der Waals surface area contributed by atoms with Crippen LogP contribution in [0.15, 0.2) is 37.1 Å². The van der Waals surface area contributed by atoms with Crippen LogP contribution >= 0.6 is 0 Å². The zero-order valence-corrected chi connectivity index (χ0v) is 20.8. The van der Waals surface area contributed by atoms with Crippen LogP contribution in [0, 0.1) is 5.92 Å². The van der Waals surface area contributed by atoms with Crippen LogP contribution < -0.4 is 25.8 Å². The smallest absolute Gasteiger partial charge is 0.407 e. The fourth-order valence-electron chi connectivity index (χ4n) is 4.45. The largest absolute Gasteiger partial charge is 0.447 e. The molecule has 0 aliphatic carbocycles. The lowest BCUT2D eigenvalue weighted by Gasteiger charge is -2.36. The van der Waals surface area contributed by atoms with Gasteiger partial charge in [0.2, 0.25) is 20.0 Å². The minimum Gasteiger partial charge on any atom is -0.447 e. The van der Waals surface area contributed by atoms with Gasteiger partial charge in [-0.25, -0.2) is 36.5 Å². The van der Waals surface area contributed by atoms with Crippen molar-refractivity contribution in [3.05, 3.63) is 17.7 Å². The molecule has 1 unspecified atom stereocenters. The van der Waals surface area contributed by atoms with Crippen molar-refractivity contribution in [1.82, 2.24) is 10.0 Å². The van der Waals surface area contributed by atoms with Gasteiger partial charge >= 0.3 is 6.09 Å². The zero-order chi connectivity index (χ0) is 26.1. The highest BCUT2D eigenvalue weighted by atomic mass is 32.2. The third kappa shape index (κ3) is 5.50. The molecule has 0 saturated carbocycles. The quantitative estimate of drug-likeness (QED) is 0.241. The second-order valence-electron chi connectivity index (χ2n) is 8.61. The lowest BCUT2D eigenvalue weighted by atomic mass is 9.89. The Kier molecular flexibility index (Phi) is 7.58. The molecule has 4 rings (SSSR count). The van der Waals surface area contributed by atoms with Gasteiger partial charge < -0.3 is 25.8 Å². The number of aliphatic hydroxyl groups excluding tert-OH is 1. The first-order valence-corrected chi connectivity index (χ1v) is 14.2. The van der Waals surface area contributed by atoms with Crippen molar-refractivity contribution in [2.75, 3.05) is 44.4 Å². The van der Waals surface area contributed by atoms with Crippen LogP contribution in [0.5, 0.6) is 0 Å². The molecule has 3 aliphatic heterocycles. The third-order valence-corrected chi connectivity index (χ3v) is 8.86. The molecule has 7 N–H and O–H groups in total. The predicted octanol–water partition coefficient (Wildman–Crippen LogP) is -1.57. The Morgan fingerprint density at radius 1 is 1.25 bits per heavy atom. The van der Waals surface area contributed by atoms with E-state index in [1.54, 1.807) is 0 Å². The summed E-state index contributed by atoms with van der Waals surface area (Å²) in [4.78, 5) is 16.2. The number of nitrogens with one attached hydrogen (secondary N) is 2. The molecule has 3 heterocycles. The number of sulfonamides is 2. The summed E-state index contributed by atoms with van der Waals surface area (Å²) < 4.78 is 58.8. The molecule has 198 valence electrons. The summed E-state index contributed by atoms with van der Waals surface area (Å²) in [6.45, 7) is 0.616. The predicted molar refractivity (Wildman–Crippen MR) is 128 cm³/mol. The van der Waals surface area contributed by atoms with Gasteiger partial charge in [0.05, 0.1) is 17.7 Å². The van der Waals surface area contributed by atoms with Crippen molar-refractivity contribution in [3.8, 4) is 0 Å². The highest BCUT2D eigenvalue weighted by Gasteiger charge is 2.36. The van der Waals surface area contributed by atoms with Gasteiger partial charge in [0.25, 0.3) is 0 Å². The van der Waals surface area contributed by atoms with E-state index in [9.17, 15) is 26.7 Å². The van der Waals surface area contributed by atoms with Gasteiger partial charge in [-0.2, -0.15) is 5.11 Å². The maximum absolute atomic E-state index is 13.1. The number of anilines is 1. The summed E-state index contributed by atoms with van der Waals surface area (Å²) in [6.07, 6.45) is -0.270. The van der Waals surface area contributed by atoms with Crippen LogP contribution in [0.1, 0.15) is 18.4 Å². The van der Waals surface area contributed by atoms with Crippen LogP contribution in [0.25, 0.3) is 0 Å². The molecule has 0 radical (unpaired) electrons. The number of amidine groups is 1. The SMILES string of the molecule is NC[C@@H](O)CNS(=O)(=O)c1ccc(N2CCC(C3COC(=O)N3)CC2)c(C2=NCN=N2)c1S(N)(=O)=O. The van der Waals surface area contributed by atoms with Gasteiger partial charge in [0.1, 0.15) is 16.4 Å². The van der Waals surface area contributed by atoms with Gasteiger partial charge in [-0.05, 0) is 30.9 Å². The number of nitrogens with zero attached hydrogens (tertiary/aromatic N) is 4. The fraction of sp³-hybridized carbons (Fsp3) is 0.579. The van der Waals surface area contributed by atoms with E-state index < -0.39 is 48.6 Å². The highest BCUT2D eigenvalue weighted by molar-refractivity contribution is 7.92. The zero-order valence-electron chi connectivity index (χ0n) is 19.2. The Labute approximate surface area is 208 Å². The molecule has 3 aliphatic rings. The molecule has 2 fully saturated rings. The number of rotatable bonds is 9. The maximum atomic E-state index is 13.1. The molecule has 1 aromatic carbocycles. The molecule has 2 saturated heterocycles. The van der Waals surface area contributed by atoms with Crippen LogP contribution in [0.3, 0.4) is 0 Å². The molecule has 0 aromatic heterocycles. The number of hydrogen-bond acceptors (Lipinski definition) is 12. The second kappa shape index (κ2) is 10.3. The standard InChI is InChI=1S/C19H28N8O7S2/c20-7-12(28)8-24-36(32,33)15-2-1-14(16(17(15)35(21,30)31)18-22-10-23-26-18)27-5-3-11(4-6-27)13-9-34-19(29)25-13/h1-2,11-13,24,28H,3-10,20H2,(H,25,29)(H2,21,30,31)/t12-,13?/m1/s1. The molecule has 0 bridgehead atoms. The molecule has 1 amide bonds. The Morgan fingerprint density at radius 2 is 1.97 bits per heavy atom. The van der Waals surface area contributed by atoms with Crippen molar-refractivity contribution < 1.29 is 31.5 Å². The summed E-state index contributed by atoms with van der Waals surface area (Å²) in [5, 5.41) is 25.7. The van der Waals surface area contributed by atoms with Crippen LogP contribution in [0.2, 0.25) is 0 Å². The third-order valence-electron chi connectivity index (χ3n) is 6.27. The van der Waals surface area contributed by atoms with E-state index in [0.717, 1.165) is 6.07 Å². The van der Waals surface area contributed by atoms with E-state index in [4.69, 9.17) is 15.6 Å². The van der Waals surface area contributed by atoms with Crippen molar-refractivity contribution >= 4 is 37.7 Å². The number of primary sulfonamides is 1. The summed E-state index contributed by atoms with van der Waals surface area (Å²) >= 11 is 0. The number of alkyl carbamates (subject to hydrolysis) is 1. The number of carbonyl (C=O) groups is 1. The van der Waals surface area contributed by atoms with Gasteiger partial charge in [-0.1, -0.05) is 0 Å².